The summed E-state index contributed by atoms with van der Waals surface area (Å²) >= 11 is 0. The molecule has 0 spiro atoms. The Morgan fingerprint density at radius 1 is 1.33 bits per heavy atom. The molecule has 1 amide bonds. The maximum atomic E-state index is 12.2. The number of nitrogens with one attached hydrogen (secondary N) is 1. The van der Waals surface area contributed by atoms with Gasteiger partial charge in [0, 0.05) is 13.2 Å². The van der Waals surface area contributed by atoms with Crippen molar-refractivity contribution in [3.8, 4) is 5.75 Å². The number of esters is 1. The Balaban J connectivity index is 1.95. The van der Waals surface area contributed by atoms with Crippen LogP contribution >= 0.6 is 8.53 Å². The van der Waals surface area contributed by atoms with Crippen LogP contribution in [0, 0.1) is 0 Å². The van der Waals surface area contributed by atoms with Gasteiger partial charge >= 0.3 is 14.5 Å². The minimum Gasteiger partial charge on any atom is -0.462 e. The maximum absolute atomic E-state index is 12.2. The highest BCUT2D eigenvalue weighted by Crippen LogP contribution is 2.37. The molecule has 1 saturated heterocycles. The van der Waals surface area contributed by atoms with E-state index in [2.05, 4.69) is 10.1 Å². The fourth-order valence-electron chi connectivity index (χ4n) is 2.83. The molecule has 2 rings (SSSR count). The number of amides is 1. The first-order valence-electron chi connectivity index (χ1n) is 10.7. The molecule has 0 aliphatic carbocycles. The minimum absolute atomic E-state index is 0.221. The zero-order valence-corrected chi connectivity index (χ0v) is 20.3. The number of amidine groups is 1. The van der Waals surface area contributed by atoms with Crippen molar-refractivity contribution in [1.29, 1.82) is 0 Å². The number of carbonyl (C=O) groups is 2. The highest BCUT2D eigenvalue weighted by atomic mass is 31.2. The quantitative estimate of drug-likeness (QED) is 0.145. The average Bonchev–Trinajstić information content (AvgIpc) is 3.26. The molecule has 182 valence electrons. The Bertz CT molecular complexity index is 807. The van der Waals surface area contributed by atoms with Crippen molar-refractivity contribution in [3.05, 3.63) is 42.6 Å². The summed E-state index contributed by atoms with van der Waals surface area (Å²) in [5, 5.41) is 3.06. The molecule has 4 atom stereocenters. The van der Waals surface area contributed by atoms with Crippen molar-refractivity contribution in [3.63, 3.8) is 0 Å². The molecule has 1 fully saturated rings. The Labute approximate surface area is 196 Å². The lowest BCUT2D eigenvalue weighted by molar-refractivity contribution is -0.149. The van der Waals surface area contributed by atoms with Gasteiger partial charge in [-0.1, -0.05) is 18.2 Å². The number of benzene rings is 1. The molecule has 3 N–H and O–H groups in total. The average molecular weight is 481 g/mol. The molecule has 33 heavy (non-hydrogen) atoms. The van der Waals surface area contributed by atoms with Gasteiger partial charge in [-0.25, -0.2) is 5.09 Å². The van der Waals surface area contributed by atoms with Crippen molar-refractivity contribution >= 4 is 26.7 Å². The minimum atomic E-state index is -1.66. The zero-order valence-electron chi connectivity index (χ0n) is 19.4. The number of carbonyl (C=O) groups excluding carboxylic acids is 2. The Kier molecular flexibility index (Phi) is 11.3. The molecule has 0 aromatic heterocycles. The van der Waals surface area contributed by atoms with E-state index in [1.807, 2.05) is 18.2 Å². The van der Waals surface area contributed by atoms with E-state index in [1.54, 1.807) is 40.0 Å². The highest BCUT2D eigenvalue weighted by molar-refractivity contribution is 7.45. The monoisotopic (exact) mass is 480 g/mol. The van der Waals surface area contributed by atoms with Crippen molar-refractivity contribution in [2.24, 2.45) is 10.7 Å². The molecule has 0 radical (unpaired) electrons. The number of hydrogen-bond acceptors (Lipinski definition) is 8. The summed E-state index contributed by atoms with van der Waals surface area (Å²) in [6.45, 7) is 5.50. The van der Waals surface area contributed by atoms with Crippen LogP contribution in [0.2, 0.25) is 0 Å². The summed E-state index contributed by atoms with van der Waals surface area (Å²) in [7, 11) is -0.0940. The zero-order chi connectivity index (χ0) is 24.2. The predicted molar refractivity (Wildman–Crippen MR) is 126 cm³/mol. The second kappa shape index (κ2) is 13.9. The lowest BCUT2D eigenvalue weighted by atomic mass is 10.2. The van der Waals surface area contributed by atoms with Crippen LogP contribution in [0.25, 0.3) is 0 Å². The summed E-state index contributed by atoms with van der Waals surface area (Å²) in [6.07, 6.45) is 4.21. The third-order valence-corrected chi connectivity index (χ3v) is 5.89. The van der Waals surface area contributed by atoms with Crippen LogP contribution in [-0.4, -0.2) is 61.2 Å². The second-order valence-electron chi connectivity index (χ2n) is 7.60. The fraction of sp³-hybridized carbons (Fsp3) is 0.500. The van der Waals surface area contributed by atoms with E-state index in [0.717, 1.165) is 0 Å². The van der Waals surface area contributed by atoms with Gasteiger partial charge in [-0.2, -0.15) is 0 Å². The number of hydrogen-bond donors (Lipinski definition) is 2. The van der Waals surface area contributed by atoms with Crippen molar-refractivity contribution < 1.29 is 28.1 Å². The molecular weight excluding hydrogens is 447 g/mol. The SMILES string of the molecule is C/N=C(N)\C=C/N(C=O)C1CCC(COP(NC(C)C(=O)OC(C)C)Oc2ccccc2)O1. The van der Waals surface area contributed by atoms with Crippen molar-refractivity contribution in [2.75, 3.05) is 13.7 Å². The normalized spacial score (nSPS) is 20.6. The van der Waals surface area contributed by atoms with Crippen LogP contribution in [0.3, 0.4) is 0 Å². The van der Waals surface area contributed by atoms with Gasteiger partial charge in [0.05, 0.1) is 18.8 Å². The fourth-order valence-corrected chi connectivity index (χ4v) is 4.04. The molecule has 0 bridgehead atoms. The van der Waals surface area contributed by atoms with Crippen LogP contribution in [0.1, 0.15) is 33.6 Å². The Morgan fingerprint density at radius 3 is 2.70 bits per heavy atom. The molecule has 11 heteroatoms. The van der Waals surface area contributed by atoms with E-state index in [-0.39, 0.29) is 18.8 Å². The largest absolute Gasteiger partial charge is 0.462 e. The molecule has 1 aliphatic rings. The first-order chi connectivity index (χ1) is 15.8. The topological polar surface area (TPSA) is 125 Å². The Hall–Kier alpha value is -2.52. The van der Waals surface area contributed by atoms with E-state index in [1.165, 1.54) is 17.2 Å². The maximum Gasteiger partial charge on any atom is 0.323 e. The Morgan fingerprint density at radius 2 is 2.06 bits per heavy atom. The van der Waals surface area contributed by atoms with E-state index < -0.39 is 26.8 Å². The van der Waals surface area contributed by atoms with Crippen molar-refractivity contribution in [1.82, 2.24) is 9.99 Å². The number of aliphatic imine (C=N–C) groups is 1. The van der Waals surface area contributed by atoms with Gasteiger partial charge in [0.2, 0.25) is 6.41 Å². The van der Waals surface area contributed by atoms with Crippen LogP contribution in [0.5, 0.6) is 5.75 Å². The number of ether oxygens (including phenoxy) is 2. The van der Waals surface area contributed by atoms with Gasteiger partial charge in [-0.05, 0) is 51.8 Å². The van der Waals surface area contributed by atoms with Crippen LogP contribution in [-0.2, 0) is 23.6 Å². The number of rotatable bonds is 13. The standard InChI is InChI=1S/C22H33N4O6P/c1-16(2)30-22(28)17(3)25-33(32-18-8-6-5-7-9-18)29-14-19-10-11-21(31-19)26(15-27)13-12-20(23)24-4/h5-9,12-13,15-17,19,21,25H,10-11,14H2,1-4H3,(H2,23,24)/b13-12-. The summed E-state index contributed by atoms with van der Waals surface area (Å²) in [5.74, 6) is 0.524. The number of para-hydroxylation sites is 1. The second-order valence-corrected chi connectivity index (χ2v) is 8.81. The van der Waals surface area contributed by atoms with Gasteiger partial charge in [0.15, 0.2) is 0 Å². The third kappa shape index (κ3) is 9.47. The molecule has 1 aliphatic heterocycles. The predicted octanol–water partition coefficient (Wildman–Crippen LogP) is 2.70. The molecule has 1 aromatic carbocycles. The lowest BCUT2D eigenvalue weighted by Crippen LogP contribution is -2.35. The molecule has 1 aromatic rings. The van der Waals surface area contributed by atoms with Gasteiger partial charge in [0.25, 0.3) is 0 Å². The molecule has 1 heterocycles. The van der Waals surface area contributed by atoms with Crippen LogP contribution < -0.4 is 15.3 Å². The van der Waals surface area contributed by atoms with E-state index in [0.29, 0.717) is 30.8 Å². The third-order valence-electron chi connectivity index (χ3n) is 4.53. The summed E-state index contributed by atoms with van der Waals surface area (Å²) < 4.78 is 23.1. The molecule has 0 saturated carbocycles. The lowest BCUT2D eigenvalue weighted by Gasteiger charge is -2.24. The molecule has 4 unspecified atom stereocenters. The van der Waals surface area contributed by atoms with E-state index >= 15 is 0 Å². The first-order valence-corrected chi connectivity index (χ1v) is 11.9. The summed E-state index contributed by atoms with van der Waals surface area (Å²) in [5.41, 5.74) is 5.64. The highest BCUT2D eigenvalue weighted by Gasteiger charge is 2.31. The smallest absolute Gasteiger partial charge is 0.323 e. The van der Waals surface area contributed by atoms with E-state index in [4.69, 9.17) is 24.3 Å². The summed E-state index contributed by atoms with van der Waals surface area (Å²) in [4.78, 5) is 28.9. The van der Waals surface area contributed by atoms with Crippen molar-refractivity contribution in [2.45, 2.75) is 58.1 Å². The number of nitrogens with two attached hydrogens (primary N) is 1. The summed E-state index contributed by atoms with van der Waals surface area (Å²) in [6, 6.07) is 8.56. The van der Waals surface area contributed by atoms with Crippen LogP contribution in [0.4, 0.5) is 0 Å². The van der Waals surface area contributed by atoms with Gasteiger partial charge < -0.3 is 24.3 Å². The molecule has 10 nitrogen and oxygen atoms in total. The number of nitrogens with zero attached hydrogens (tertiary/aromatic N) is 2. The van der Waals surface area contributed by atoms with Gasteiger partial charge in [0.1, 0.15) is 23.9 Å². The van der Waals surface area contributed by atoms with Gasteiger partial charge in [-0.15, -0.1) is 0 Å². The molecular formula is C22H33N4O6P. The van der Waals surface area contributed by atoms with Crippen LogP contribution in [0.15, 0.2) is 47.6 Å². The van der Waals surface area contributed by atoms with Gasteiger partial charge in [-0.3, -0.25) is 19.5 Å². The first kappa shape index (κ1) is 26.7. The van der Waals surface area contributed by atoms with E-state index in [9.17, 15) is 9.59 Å².